The Hall–Kier alpha value is -1.95. The van der Waals surface area contributed by atoms with E-state index in [9.17, 15) is 9.00 Å². The second-order valence-electron chi connectivity index (χ2n) is 4.09. The number of hydrogen-bond donors (Lipinski definition) is 1. The van der Waals surface area contributed by atoms with E-state index in [1.54, 1.807) is 13.2 Å². The van der Waals surface area contributed by atoms with Gasteiger partial charge in [0.1, 0.15) is 0 Å². The topological polar surface area (TPSA) is 78.0 Å². The number of hydrogen-bond acceptors (Lipinski definition) is 4. The maximum Gasteiger partial charge on any atom is 0.292 e. The largest absolute Gasteiger partial charge is 0.379 e. The lowest BCUT2D eigenvalue weighted by atomic mass is 10.1. The quantitative estimate of drug-likeness (QED) is 0.913. The van der Waals surface area contributed by atoms with E-state index < -0.39 is 10.8 Å². The van der Waals surface area contributed by atoms with Crippen molar-refractivity contribution in [2.75, 3.05) is 11.5 Å². The lowest BCUT2D eigenvalue weighted by Crippen LogP contribution is -2.21. The summed E-state index contributed by atoms with van der Waals surface area (Å²) in [5.41, 5.74) is 6.64. The number of nitrogens with two attached hydrogens (primary N) is 1. The van der Waals surface area contributed by atoms with Crippen molar-refractivity contribution in [2.24, 2.45) is 7.05 Å². The predicted molar refractivity (Wildman–Crippen MR) is 76.3 cm³/mol. The van der Waals surface area contributed by atoms with Crippen LogP contribution in [0.5, 0.6) is 0 Å². The Bertz CT molecular complexity index is 668. The highest BCUT2D eigenvalue weighted by Gasteiger charge is 2.08. The van der Waals surface area contributed by atoms with Gasteiger partial charge in [0.15, 0.2) is 5.82 Å². The van der Waals surface area contributed by atoms with Crippen molar-refractivity contribution in [3.8, 4) is 11.3 Å². The molecule has 0 spiro atoms. The smallest absolute Gasteiger partial charge is 0.292 e. The molecular formula is C13H15N3O2S. The van der Waals surface area contributed by atoms with Gasteiger partial charge in [-0.15, -0.1) is 0 Å². The van der Waals surface area contributed by atoms with E-state index in [1.807, 2.05) is 31.2 Å². The van der Waals surface area contributed by atoms with E-state index in [0.717, 1.165) is 10.5 Å². The molecule has 0 radical (unpaired) electrons. The number of nitrogen functional groups attached to an aromatic ring is 1. The molecule has 2 N–H and O–H groups in total. The van der Waals surface area contributed by atoms with Gasteiger partial charge in [-0.25, -0.2) is 4.98 Å². The minimum Gasteiger partial charge on any atom is -0.379 e. The van der Waals surface area contributed by atoms with Gasteiger partial charge in [-0.3, -0.25) is 9.00 Å². The van der Waals surface area contributed by atoms with Crippen LogP contribution in [0.15, 0.2) is 40.2 Å². The Morgan fingerprint density at radius 2 is 2.16 bits per heavy atom. The molecule has 2 aromatic rings. The number of anilines is 1. The second-order valence-corrected chi connectivity index (χ2v) is 5.83. The molecule has 0 fully saturated rings. The standard InChI is InChI=1S/C13H15N3O2S/c1-3-19(18)10-6-4-5-9(7-10)11-8-16(2)13(17)12(14)15-11/h4-8H,3H2,1-2H3,(H2,14,15). The zero-order valence-corrected chi connectivity index (χ0v) is 11.6. The van der Waals surface area contributed by atoms with Crippen LogP contribution in [-0.4, -0.2) is 19.5 Å². The van der Waals surface area contributed by atoms with E-state index in [2.05, 4.69) is 4.98 Å². The fraction of sp³-hybridized carbons (Fsp3) is 0.231. The Kier molecular flexibility index (Phi) is 3.80. The lowest BCUT2D eigenvalue weighted by molar-refractivity contribution is 0.684. The predicted octanol–water partition coefficient (Wildman–Crippen LogP) is 1.16. The molecule has 1 aromatic heterocycles. The van der Waals surface area contributed by atoms with E-state index >= 15 is 0 Å². The average Bonchev–Trinajstić information content (AvgIpc) is 2.43. The normalized spacial score (nSPS) is 12.3. The number of aryl methyl sites for hydroxylation is 1. The summed E-state index contributed by atoms with van der Waals surface area (Å²) >= 11 is 0. The van der Waals surface area contributed by atoms with Gasteiger partial charge >= 0.3 is 0 Å². The molecule has 100 valence electrons. The summed E-state index contributed by atoms with van der Waals surface area (Å²) in [6.07, 6.45) is 1.62. The van der Waals surface area contributed by atoms with Crippen molar-refractivity contribution in [1.82, 2.24) is 9.55 Å². The summed E-state index contributed by atoms with van der Waals surface area (Å²) in [7, 11) is 0.606. The minimum atomic E-state index is -1.02. The van der Waals surface area contributed by atoms with Crippen LogP contribution >= 0.6 is 0 Å². The van der Waals surface area contributed by atoms with Crippen LogP contribution in [-0.2, 0) is 17.8 Å². The number of benzene rings is 1. The van der Waals surface area contributed by atoms with E-state index in [1.165, 1.54) is 4.57 Å². The highest BCUT2D eigenvalue weighted by Crippen LogP contribution is 2.19. The molecular weight excluding hydrogens is 262 g/mol. The highest BCUT2D eigenvalue weighted by molar-refractivity contribution is 7.85. The SMILES string of the molecule is CCS(=O)c1cccc(-c2cn(C)c(=O)c(N)n2)c1. The first kappa shape index (κ1) is 13.5. The third kappa shape index (κ3) is 2.73. The van der Waals surface area contributed by atoms with Crippen LogP contribution in [0.25, 0.3) is 11.3 Å². The van der Waals surface area contributed by atoms with Crippen LogP contribution in [0.3, 0.4) is 0 Å². The van der Waals surface area contributed by atoms with Gasteiger partial charge in [-0.2, -0.15) is 0 Å². The molecule has 0 saturated heterocycles. The molecule has 0 aliphatic heterocycles. The summed E-state index contributed by atoms with van der Waals surface area (Å²) in [5, 5.41) is 0. The average molecular weight is 277 g/mol. The van der Waals surface area contributed by atoms with Crippen LogP contribution in [0.4, 0.5) is 5.82 Å². The van der Waals surface area contributed by atoms with Crippen molar-refractivity contribution in [3.05, 3.63) is 40.8 Å². The van der Waals surface area contributed by atoms with Gasteiger partial charge in [0.2, 0.25) is 0 Å². The molecule has 0 amide bonds. The first-order valence-electron chi connectivity index (χ1n) is 5.85. The number of aromatic nitrogens is 2. The molecule has 1 aromatic carbocycles. The van der Waals surface area contributed by atoms with Crippen LogP contribution in [0, 0.1) is 0 Å². The van der Waals surface area contributed by atoms with Gasteiger partial charge < -0.3 is 10.3 Å². The first-order valence-corrected chi connectivity index (χ1v) is 7.16. The Balaban J connectivity index is 2.53. The van der Waals surface area contributed by atoms with Crippen molar-refractivity contribution < 1.29 is 4.21 Å². The summed E-state index contributed by atoms with van der Waals surface area (Å²) < 4.78 is 13.2. The molecule has 19 heavy (non-hydrogen) atoms. The number of rotatable bonds is 3. The van der Waals surface area contributed by atoms with Crippen molar-refractivity contribution in [2.45, 2.75) is 11.8 Å². The Morgan fingerprint density at radius 1 is 1.42 bits per heavy atom. The van der Waals surface area contributed by atoms with Gasteiger partial charge in [0, 0.05) is 29.5 Å². The van der Waals surface area contributed by atoms with Crippen LogP contribution < -0.4 is 11.3 Å². The third-order valence-corrected chi connectivity index (χ3v) is 4.06. The van der Waals surface area contributed by atoms with Crippen LogP contribution in [0.2, 0.25) is 0 Å². The molecule has 0 saturated carbocycles. The number of nitrogens with zero attached hydrogens (tertiary/aromatic N) is 2. The van der Waals surface area contributed by atoms with E-state index in [4.69, 9.17) is 5.73 Å². The first-order chi connectivity index (χ1) is 9.02. The maximum atomic E-state index is 11.8. The zero-order chi connectivity index (χ0) is 14.0. The molecule has 1 atom stereocenters. The second kappa shape index (κ2) is 5.36. The van der Waals surface area contributed by atoms with Crippen molar-refractivity contribution >= 4 is 16.6 Å². The molecule has 1 unspecified atom stereocenters. The summed E-state index contributed by atoms with van der Waals surface area (Å²) in [6.45, 7) is 1.87. The summed E-state index contributed by atoms with van der Waals surface area (Å²) in [6, 6.07) is 7.30. The van der Waals surface area contributed by atoms with Crippen molar-refractivity contribution in [1.29, 1.82) is 0 Å². The summed E-state index contributed by atoms with van der Waals surface area (Å²) in [5.74, 6) is 0.522. The molecule has 0 aliphatic carbocycles. The van der Waals surface area contributed by atoms with Crippen molar-refractivity contribution in [3.63, 3.8) is 0 Å². The lowest BCUT2D eigenvalue weighted by Gasteiger charge is -2.06. The highest BCUT2D eigenvalue weighted by atomic mass is 32.2. The summed E-state index contributed by atoms with van der Waals surface area (Å²) in [4.78, 5) is 16.3. The molecule has 0 aliphatic rings. The maximum absolute atomic E-state index is 11.8. The molecule has 5 nitrogen and oxygen atoms in total. The fourth-order valence-electron chi connectivity index (χ4n) is 1.73. The fourth-order valence-corrected chi connectivity index (χ4v) is 2.55. The molecule has 6 heteroatoms. The Morgan fingerprint density at radius 3 is 2.79 bits per heavy atom. The molecule has 1 heterocycles. The minimum absolute atomic E-state index is 0.0398. The van der Waals surface area contributed by atoms with E-state index in [-0.39, 0.29) is 11.4 Å². The van der Waals surface area contributed by atoms with Gasteiger partial charge in [0.05, 0.1) is 16.5 Å². The third-order valence-electron chi connectivity index (χ3n) is 2.75. The van der Waals surface area contributed by atoms with Gasteiger partial charge in [-0.05, 0) is 12.1 Å². The zero-order valence-electron chi connectivity index (χ0n) is 10.8. The van der Waals surface area contributed by atoms with E-state index in [0.29, 0.717) is 11.4 Å². The monoisotopic (exact) mass is 277 g/mol. The van der Waals surface area contributed by atoms with Gasteiger partial charge in [0.25, 0.3) is 5.56 Å². The Labute approximate surface area is 113 Å². The molecule has 0 bridgehead atoms. The van der Waals surface area contributed by atoms with Gasteiger partial charge in [-0.1, -0.05) is 19.1 Å². The van der Waals surface area contributed by atoms with Crippen LogP contribution in [0.1, 0.15) is 6.92 Å². The molecule has 2 rings (SSSR count).